The van der Waals surface area contributed by atoms with Gasteiger partial charge in [-0.1, -0.05) is 11.6 Å². The molecule has 1 aliphatic rings. The van der Waals surface area contributed by atoms with Gasteiger partial charge in [-0.2, -0.15) is 10.1 Å². The van der Waals surface area contributed by atoms with Crippen LogP contribution >= 0.6 is 11.6 Å². The van der Waals surface area contributed by atoms with Crippen LogP contribution in [0.2, 0.25) is 5.02 Å². The van der Waals surface area contributed by atoms with Gasteiger partial charge < -0.3 is 15.4 Å². The quantitative estimate of drug-likeness (QED) is 0.590. The van der Waals surface area contributed by atoms with Crippen LogP contribution in [0.25, 0.3) is 0 Å². The third-order valence-corrected chi connectivity index (χ3v) is 4.57. The monoisotopic (exact) mass is 370 g/mol. The first-order valence-electron chi connectivity index (χ1n) is 8.39. The van der Waals surface area contributed by atoms with Crippen LogP contribution in [0.5, 0.6) is 5.75 Å². The van der Waals surface area contributed by atoms with Gasteiger partial charge in [0.05, 0.1) is 23.5 Å². The molecule has 134 valence electrons. The number of nitrogens with zero attached hydrogens (tertiary/aromatic N) is 3. The van der Waals surface area contributed by atoms with E-state index in [0.29, 0.717) is 34.1 Å². The van der Waals surface area contributed by atoms with Crippen molar-refractivity contribution in [3.8, 4) is 5.75 Å². The van der Waals surface area contributed by atoms with Crippen LogP contribution in [-0.2, 0) is 0 Å². The lowest BCUT2D eigenvalue weighted by Gasteiger charge is -2.11. The van der Waals surface area contributed by atoms with Crippen molar-refractivity contribution < 1.29 is 4.74 Å². The fourth-order valence-electron chi connectivity index (χ4n) is 2.59. The molecule has 0 saturated heterocycles. The van der Waals surface area contributed by atoms with E-state index in [1.54, 1.807) is 31.5 Å². The molecule has 1 saturated carbocycles. The number of anilines is 4. The van der Waals surface area contributed by atoms with Crippen molar-refractivity contribution >= 4 is 34.9 Å². The standard InChI is InChI=1S/C18H19ClN6O/c1-10-9-20-18(21-15-7-12(26-2)5-6-13(15)19)23-17(10)22-16-8-14(24-25-16)11-3-4-11/h5-9,11H,3-4H2,1-2H3,(H3,20,21,22,23,24,25). The third-order valence-electron chi connectivity index (χ3n) is 4.24. The molecular weight excluding hydrogens is 352 g/mol. The van der Waals surface area contributed by atoms with E-state index < -0.39 is 0 Å². The molecule has 2 aromatic heterocycles. The second-order valence-electron chi connectivity index (χ2n) is 6.30. The molecule has 0 radical (unpaired) electrons. The van der Waals surface area contributed by atoms with Crippen LogP contribution < -0.4 is 15.4 Å². The molecule has 0 aliphatic heterocycles. The Labute approximate surface area is 156 Å². The molecule has 0 amide bonds. The highest BCUT2D eigenvalue weighted by Crippen LogP contribution is 2.39. The Morgan fingerprint density at radius 3 is 2.85 bits per heavy atom. The van der Waals surface area contributed by atoms with Gasteiger partial charge in [-0.3, -0.25) is 5.10 Å². The fourth-order valence-corrected chi connectivity index (χ4v) is 2.76. The lowest BCUT2D eigenvalue weighted by Crippen LogP contribution is -2.03. The molecule has 0 atom stereocenters. The molecule has 0 spiro atoms. The first-order chi connectivity index (χ1) is 12.6. The molecule has 1 fully saturated rings. The second-order valence-corrected chi connectivity index (χ2v) is 6.71. The molecular formula is C18H19ClN6O. The Morgan fingerprint density at radius 2 is 2.08 bits per heavy atom. The SMILES string of the molecule is COc1ccc(Cl)c(Nc2ncc(C)c(Nc3cc(C4CC4)n[nH]3)n2)c1. The van der Waals surface area contributed by atoms with E-state index in [-0.39, 0.29) is 0 Å². The van der Waals surface area contributed by atoms with Crippen molar-refractivity contribution in [2.75, 3.05) is 17.7 Å². The summed E-state index contributed by atoms with van der Waals surface area (Å²) in [6.45, 7) is 1.95. The van der Waals surface area contributed by atoms with Crippen LogP contribution in [0.4, 0.5) is 23.3 Å². The number of aromatic nitrogens is 4. The summed E-state index contributed by atoms with van der Waals surface area (Å²) in [6.07, 6.45) is 4.18. The number of rotatable bonds is 6. The van der Waals surface area contributed by atoms with Gasteiger partial charge in [0.25, 0.3) is 0 Å². The summed E-state index contributed by atoms with van der Waals surface area (Å²) in [5, 5.41) is 14.3. The summed E-state index contributed by atoms with van der Waals surface area (Å²) < 4.78 is 5.23. The van der Waals surface area contributed by atoms with Gasteiger partial charge in [0.1, 0.15) is 17.4 Å². The van der Waals surface area contributed by atoms with Gasteiger partial charge in [-0.15, -0.1) is 0 Å². The first-order valence-corrected chi connectivity index (χ1v) is 8.76. The number of halogens is 1. The molecule has 0 bridgehead atoms. The molecule has 3 N–H and O–H groups in total. The number of benzene rings is 1. The summed E-state index contributed by atoms with van der Waals surface area (Å²) in [4.78, 5) is 8.88. The Hall–Kier alpha value is -2.80. The zero-order valence-corrected chi connectivity index (χ0v) is 15.3. The van der Waals surface area contributed by atoms with Gasteiger partial charge in [0.15, 0.2) is 0 Å². The smallest absolute Gasteiger partial charge is 0.229 e. The molecule has 4 rings (SSSR count). The normalized spacial score (nSPS) is 13.5. The van der Waals surface area contributed by atoms with Gasteiger partial charge in [-0.25, -0.2) is 4.98 Å². The predicted molar refractivity (Wildman–Crippen MR) is 102 cm³/mol. The van der Waals surface area contributed by atoms with Crippen molar-refractivity contribution in [2.24, 2.45) is 0 Å². The maximum absolute atomic E-state index is 6.24. The summed E-state index contributed by atoms with van der Waals surface area (Å²) in [5.74, 6) is 3.26. The highest BCUT2D eigenvalue weighted by atomic mass is 35.5. The first kappa shape index (κ1) is 16.7. The molecule has 1 aliphatic carbocycles. The van der Waals surface area contributed by atoms with Crippen LogP contribution in [-0.4, -0.2) is 27.3 Å². The minimum atomic E-state index is 0.440. The third kappa shape index (κ3) is 3.57. The second kappa shape index (κ2) is 6.84. The summed E-state index contributed by atoms with van der Waals surface area (Å²) >= 11 is 6.24. The number of hydrogen-bond donors (Lipinski definition) is 3. The Morgan fingerprint density at radius 1 is 1.23 bits per heavy atom. The van der Waals surface area contributed by atoms with Crippen LogP contribution in [0.1, 0.15) is 30.0 Å². The van der Waals surface area contributed by atoms with Crippen molar-refractivity contribution in [1.82, 2.24) is 20.2 Å². The molecule has 3 aromatic rings. The largest absolute Gasteiger partial charge is 0.497 e. The number of H-pyrrole nitrogens is 1. The highest BCUT2D eigenvalue weighted by molar-refractivity contribution is 6.33. The van der Waals surface area contributed by atoms with Gasteiger partial charge in [0.2, 0.25) is 5.95 Å². The number of hydrogen-bond acceptors (Lipinski definition) is 6. The Bertz CT molecular complexity index is 937. The predicted octanol–water partition coefficient (Wildman–Crippen LogP) is 4.53. The van der Waals surface area contributed by atoms with Crippen molar-refractivity contribution in [3.63, 3.8) is 0 Å². The van der Waals surface area contributed by atoms with Crippen LogP contribution in [0.3, 0.4) is 0 Å². The number of methoxy groups -OCH3 is 1. The van der Waals surface area contributed by atoms with E-state index in [4.69, 9.17) is 16.3 Å². The van der Waals surface area contributed by atoms with Crippen LogP contribution in [0.15, 0.2) is 30.5 Å². The molecule has 1 aromatic carbocycles. The van der Waals surface area contributed by atoms with E-state index in [2.05, 4.69) is 30.8 Å². The van der Waals surface area contributed by atoms with E-state index in [1.165, 1.54) is 12.8 Å². The molecule has 7 nitrogen and oxygen atoms in total. The van der Waals surface area contributed by atoms with Crippen molar-refractivity contribution in [2.45, 2.75) is 25.7 Å². The summed E-state index contributed by atoms with van der Waals surface area (Å²) in [5.41, 5.74) is 2.70. The molecule has 26 heavy (non-hydrogen) atoms. The summed E-state index contributed by atoms with van der Waals surface area (Å²) in [6, 6.07) is 7.40. The topological polar surface area (TPSA) is 87.8 Å². The number of ether oxygens (including phenoxy) is 1. The molecule has 2 heterocycles. The van der Waals surface area contributed by atoms with Crippen LogP contribution in [0, 0.1) is 6.92 Å². The molecule has 0 unspecified atom stereocenters. The maximum atomic E-state index is 6.24. The van der Waals surface area contributed by atoms with E-state index in [9.17, 15) is 0 Å². The summed E-state index contributed by atoms with van der Waals surface area (Å²) in [7, 11) is 1.61. The fraction of sp³-hybridized carbons (Fsp3) is 0.278. The minimum Gasteiger partial charge on any atom is -0.497 e. The Kier molecular flexibility index (Phi) is 4.38. The van der Waals surface area contributed by atoms with Crippen molar-refractivity contribution in [3.05, 3.63) is 46.7 Å². The number of aromatic amines is 1. The van der Waals surface area contributed by atoms with Gasteiger partial charge in [0, 0.05) is 29.8 Å². The maximum Gasteiger partial charge on any atom is 0.229 e. The van der Waals surface area contributed by atoms with E-state index in [1.807, 2.05) is 13.0 Å². The van der Waals surface area contributed by atoms with E-state index >= 15 is 0 Å². The Balaban J connectivity index is 1.55. The van der Waals surface area contributed by atoms with Gasteiger partial charge >= 0.3 is 0 Å². The number of nitrogens with one attached hydrogen (secondary N) is 3. The van der Waals surface area contributed by atoms with E-state index in [0.717, 1.165) is 17.1 Å². The van der Waals surface area contributed by atoms with Gasteiger partial charge in [-0.05, 0) is 31.9 Å². The molecule has 8 heteroatoms. The lowest BCUT2D eigenvalue weighted by atomic mass is 10.3. The highest BCUT2D eigenvalue weighted by Gasteiger charge is 2.26. The average molecular weight is 371 g/mol. The minimum absolute atomic E-state index is 0.440. The number of aryl methyl sites for hydroxylation is 1. The zero-order chi connectivity index (χ0) is 18.1. The lowest BCUT2D eigenvalue weighted by molar-refractivity contribution is 0.415. The average Bonchev–Trinajstić information content (AvgIpc) is 3.39. The van der Waals surface area contributed by atoms with Crippen molar-refractivity contribution in [1.29, 1.82) is 0 Å². The zero-order valence-electron chi connectivity index (χ0n) is 14.5.